The van der Waals surface area contributed by atoms with Crippen LogP contribution in [0.5, 0.6) is 0 Å². The van der Waals surface area contributed by atoms with Crippen LogP contribution in [0.1, 0.15) is 17.3 Å². The molecular weight excluding hydrogens is 220 g/mol. The van der Waals surface area contributed by atoms with Gasteiger partial charge in [0.15, 0.2) is 0 Å². The van der Waals surface area contributed by atoms with Gasteiger partial charge in [-0.25, -0.2) is 9.59 Å². The Morgan fingerprint density at radius 1 is 1.18 bits per heavy atom. The van der Waals surface area contributed by atoms with Gasteiger partial charge in [0.05, 0.1) is 12.2 Å². The first-order valence-corrected chi connectivity index (χ1v) is 5.29. The molecule has 0 radical (unpaired) electrons. The van der Waals surface area contributed by atoms with Crippen molar-refractivity contribution in [1.29, 1.82) is 0 Å². The topological polar surface area (TPSA) is 52.6 Å². The van der Waals surface area contributed by atoms with Gasteiger partial charge < -0.3 is 9.47 Å². The molecule has 1 rings (SSSR count). The van der Waals surface area contributed by atoms with E-state index in [0.717, 1.165) is 0 Å². The molecule has 1 aromatic carbocycles. The maximum absolute atomic E-state index is 11.4. The van der Waals surface area contributed by atoms with Gasteiger partial charge in [-0.2, -0.15) is 0 Å². The molecule has 17 heavy (non-hydrogen) atoms. The second-order valence-electron chi connectivity index (χ2n) is 3.12. The van der Waals surface area contributed by atoms with E-state index in [0.29, 0.717) is 12.2 Å². The number of carbonyl (C=O) groups is 2. The van der Waals surface area contributed by atoms with Crippen molar-refractivity contribution in [3.8, 4) is 0 Å². The van der Waals surface area contributed by atoms with Gasteiger partial charge in [-0.05, 0) is 25.1 Å². The molecule has 0 unspecified atom stereocenters. The summed E-state index contributed by atoms with van der Waals surface area (Å²) in [7, 11) is 0. The second-order valence-corrected chi connectivity index (χ2v) is 3.12. The van der Waals surface area contributed by atoms with Crippen LogP contribution < -0.4 is 0 Å². The van der Waals surface area contributed by atoms with Gasteiger partial charge in [0.25, 0.3) is 0 Å². The van der Waals surface area contributed by atoms with Gasteiger partial charge in [0.2, 0.25) is 0 Å². The van der Waals surface area contributed by atoms with Gasteiger partial charge in [0, 0.05) is 6.08 Å². The summed E-state index contributed by atoms with van der Waals surface area (Å²) in [5, 5.41) is 0. The zero-order valence-corrected chi connectivity index (χ0v) is 9.59. The zero-order chi connectivity index (χ0) is 12.5. The first kappa shape index (κ1) is 13.0. The number of benzene rings is 1. The van der Waals surface area contributed by atoms with Crippen molar-refractivity contribution in [3.05, 3.63) is 48.0 Å². The van der Waals surface area contributed by atoms with E-state index in [2.05, 4.69) is 4.74 Å². The third kappa shape index (κ3) is 4.97. The molecule has 1 aromatic rings. The van der Waals surface area contributed by atoms with Crippen LogP contribution in [0.15, 0.2) is 42.5 Å². The lowest BCUT2D eigenvalue weighted by molar-refractivity contribution is -0.137. The van der Waals surface area contributed by atoms with E-state index in [1.165, 1.54) is 12.2 Å². The summed E-state index contributed by atoms with van der Waals surface area (Å²) in [5.74, 6) is -0.859. The molecule has 0 aliphatic rings. The third-order valence-corrected chi connectivity index (χ3v) is 1.86. The van der Waals surface area contributed by atoms with Gasteiger partial charge in [-0.15, -0.1) is 0 Å². The fourth-order valence-corrected chi connectivity index (χ4v) is 1.12. The highest BCUT2D eigenvalue weighted by molar-refractivity contribution is 5.89. The van der Waals surface area contributed by atoms with Gasteiger partial charge >= 0.3 is 11.9 Å². The minimum absolute atomic E-state index is 0.0482. The van der Waals surface area contributed by atoms with Crippen molar-refractivity contribution in [3.63, 3.8) is 0 Å². The molecule has 0 N–H and O–H groups in total. The summed E-state index contributed by atoms with van der Waals surface area (Å²) < 4.78 is 9.59. The molecule has 0 amide bonds. The van der Waals surface area contributed by atoms with Crippen LogP contribution in [0.4, 0.5) is 0 Å². The Balaban J connectivity index is 2.32. The Hall–Kier alpha value is -2.10. The van der Waals surface area contributed by atoms with Crippen LogP contribution in [0, 0.1) is 0 Å². The maximum atomic E-state index is 11.4. The maximum Gasteiger partial charge on any atom is 0.338 e. The lowest BCUT2D eigenvalue weighted by Crippen LogP contribution is -2.05. The van der Waals surface area contributed by atoms with E-state index >= 15 is 0 Å². The normalized spacial score (nSPS) is 10.2. The Morgan fingerprint density at radius 3 is 2.53 bits per heavy atom. The number of carbonyl (C=O) groups excluding carboxylic acids is 2. The summed E-state index contributed by atoms with van der Waals surface area (Å²) in [6, 6.07) is 8.66. The average molecular weight is 234 g/mol. The number of rotatable bonds is 5. The number of hydrogen-bond donors (Lipinski definition) is 0. The first-order valence-electron chi connectivity index (χ1n) is 5.29. The molecule has 4 heteroatoms. The SMILES string of the molecule is CCOC(=O)C=CCOC(=O)c1ccccc1. The smallest absolute Gasteiger partial charge is 0.338 e. The molecule has 0 saturated heterocycles. The van der Waals surface area contributed by atoms with Crippen LogP contribution in [0.2, 0.25) is 0 Å². The van der Waals surface area contributed by atoms with Gasteiger partial charge in [-0.1, -0.05) is 18.2 Å². The third-order valence-electron chi connectivity index (χ3n) is 1.86. The van der Waals surface area contributed by atoms with E-state index in [4.69, 9.17) is 4.74 Å². The fourth-order valence-electron chi connectivity index (χ4n) is 1.12. The monoisotopic (exact) mass is 234 g/mol. The van der Waals surface area contributed by atoms with Gasteiger partial charge in [-0.3, -0.25) is 0 Å². The van der Waals surface area contributed by atoms with Crippen molar-refractivity contribution in [2.75, 3.05) is 13.2 Å². The number of hydrogen-bond acceptors (Lipinski definition) is 4. The predicted octanol–water partition coefficient (Wildman–Crippen LogP) is 1.96. The molecule has 0 fully saturated rings. The molecule has 0 saturated carbocycles. The standard InChI is InChI=1S/C13H14O4/c1-2-16-12(14)9-6-10-17-13(15)11-7-4-3-5-8-11/h3-9H,2,10H2,1H3. The van der Waals surface area contributed by atoms with Gasteiger partial charge in [0.1, 0.15) is 6.61 Å². The molecule has 0 bridgehead atoms. The highest BCUT2D eigenvalue weighted by Crippen LogP contribution is 2.00. The highest BCUT2D eigenvalue weighted by atomic mass is 16.5. The minimum atomic E-state index is -0.441. The molecule has 0 spiro atoms. The molecule has 90 valence electrons. The summed E-state index contributed by atoms with van der Waals surface area (Å²) in [4.78, 5) is 22.4. The van der Waals surface area contributed by atoms with Crippen LogP contribution >= 0.6 is 0 Å². The van der Waals surface area contributed by atoms with Crippen LogP contribution in [0.25, 0.3) is 0 Å². The largest absolute Gasteiger partial charge is 0.463 e. The fraction of sp³-hybridized carbons (Fsp3) is 0.231. The predicted molar refractivity (Wildman–Crippen MR) is 62.5 cm³/mol. The molecule has 0 heterocycles. The van der Waals surface area contributed by atoms with Crippen molar-refractivity contribution in [2.45, 2.75) is 6.92 Å². The first-order chi connectivity index (χ1) is 8.24. The summed E-state index contributed by atoms with van der Waals surface area (Å²) in [6.07, 6.45) is 2.68. The average Bonchev–Trinajstić information content (AvgIpc) is 2.36. The van der Waals surface area contributed by atoms with E-state index in [-0.39, 0.29) is 6.61 Å². The van der Waals surface area contributed by atoms with E-state index in [1.54, 1.807) is 31.2 Å². The van der Waals surface area contributed by atoms with Crippen molar-refractivity contribution >= 4 is 11.9 Å². The summed E-state index contributed by atoms with van der Waals surface area (Å²) in [6.45, 7) is 2.10. The molecule has 4 nitrogen and oxygen atoms in total. The minimum Gasteiger partial charge on any atom is -0.463 e. The molecule has 0 aliphatic heterocycles. The molecule has 0 atom stereocenters. The molecule has 0 aromatic heterocycles. The molecule has 0 aliphatic carbocycles. The number of esters is 2. The Labute approximate surface area is 99.8 Å². The van der Waals surface area contributed by atoms with Crippen molar-refractivity contribution < 1.29 is 19.1 Å². The number of ether oxygens (including phenoxy) is 2. The second kappa shape index (κ2) is 7.22. The van der Waals surface area contributed by atoms with E-state index in [1.807, 2.05) is 6.07 Å². The summed E-state index contributed by atoms with van der Waals surface area (Å²) >= 11 is 0. The van der Waals surface area contributed by atoms with E-state index in [9.17, 15) is 9.59 Å². The lowest BCUT2D eigenvalue weighted by atomic mass is 10.2. The van der Waals surface area contributed by atoms with Crippen LogP contribution in [-0.2, 0) is 14.3 Å². The summed E-state index contributed by atoms with van der Waals surface area (Å²) in [5.41, 5.74) is 0.483. The Kier molecular flexibility index (Phi) is 5.51. The molecular formula is C13H14O4. The highest BCUT2D eigenvalue weighted by Gasteiger charge is 2.03. The van der Waals surface area contributed by atoms with Crippen LogP contribution in [-0.4, -0.2) is 25.2 Å². The zero-order valence-electron chi connectivity index (χ0n) is 9.59. The quantitative estimate of drug-likeness (QED) is 0.577. The van der Waals surface area contributed by atoms with Crippen molar-refractivity contribution in [2.24, 2.45) is 0 Å². The van der Waals surface area contributed by atoms with Crippen molar-refractivity contribution in [1.82, 2.24) is 0 Å². The lowest BCUT2D eigenvalue weighted by Gasteiger charge is -2.01. The van der Waals surface area contributed by atoms with E-state index < -0.39 is 11.9 Å². The Bertz CT molecular complexity index is 395. The Morgan fingerprint density at radius 2 is 1.88 bits per heavy atom. The van der Waals surface area contributed by atoms with Crippen LogP contribution in [0.3, 0.4) is 0 Å².